The average Bonchev–Trinajstić information content (AvgIpc) is 3.56. The summed E-state index contributed by atoms with van der Waals surface area (Å²) in [7, 11) is 0. The van der Waals surface area contributed by atoms with E-state index in [1.54, 1.807) is 23.9 Å². The van der Waals surface area contributed by atoms with Crippen molar-refractivity contribution in [2.45, 2.75) is 74.7 Å². The molecule has 2 heterocycles. The molecule has 4 atom stereocenters. The van der Waals surface area contributed by atoms with E-state index in [4.69, 9.17) is 9.05 Å². The zero-order valence-corrected chi connectivity index (χ0v) is 22.3. The first-order chi connectivity index (χ1) is 18.0. The van der Waals surface area contributed by atoms with Crippen LogP contribution in [0.4, 0.5) is 0 Å². The Hall–Kier alpha value is -3.19. The smallest absolute Gasteiger partial charge is 0.280 e. The second-order valence-corrected chi connectivity index (χ2v) is 11.2. The van der Waals surface area contributed by atoms with Gasteiger partial charge in [-0.2, -0.15) is 10.3 Å². The maximum absolute atomic E-state index is 11.9. The quantitative estimate of drug-likeness (QED) is 0.178. The van der Waals surface area contributed by atoms with Crippen LogP contribution in [0.25, 0.3) is 0 Å². The molecule has 4 unspecified atom stereocenters. The van der Waals surface area contributed by atoms with Crippen molar-refractivity contribution in [3.63, 3.8) is 0 Å². The van der Waals surface area contributed by atoms with E-state index in [2.05, 4.69) is 72.7 Å². The fraction of sp³-hybridized carbons (Fsp3) is 0.400. The predicted octanol–water partition coefficient (Wildman–Crippen LogP) is 7.71. The summed E-state index contributed by atoms with van der Waals surface area (Å²) in [4.78, 5) is 23.8. The number of aromatic amines is 2. The molecule has 0 saturated carbocycles. The van der Waals surface area contributed by atoms with Crippen molar-refractivity contribution in [2.24, 2.45) is 0 Å². The number of H-pyrrole nitrogens is 2. The lowest BCUT2D eigenvalue weighted by Crippen LogP contribution is -2.03. The standard InChI is InChI=1S/C30H36N2O4S/c1-21(23-13-5-3-6-14-23)11-9-17-27(25-19-29(33)31-35-25)37-28(26-20-30(34)32-36-26)18-10-12-22(2)24-15-7-4-8-16-24/h3-8,13-16,19-22,27-28H,9-12,17-18H2,1-2H3,(H,31,33)(H,32,34). The van der Waals surface area contributed by atoms with E-state index in [0.29, 0.717) is 23.4 Å². The molecule has 0 spiro atoms. The number of aromatic nitrogens is 2. The van der Waals surface area contributed by atoms with Crippen molar-refractivity contribution >= 4 is 11.8 Å². The Morgan fingerprint density at radius 2 is 1.05 bits per heavy atom. The Balaban J connectivity index is 1.43. The molecule has 37 heavy (non-hydrogen) atoms. The maximum Gasteiger partial charge on any atom is 0.280 e. The Kier molecular flexibility index (Phi) is 9.71. The van der Waals surface area contributed by atoms with Crippen molar-refractivity contribution in [3.05, 3.63) is 116 Å². The SMILES string of the molecule is CC(CCCC(SC(CCCC(C)c1ccccc1)c1cc(=O)[nH]o1)c1cc(=O)[nH]o1)c1ccccc1. The van der Waals surface area contributed by atoms with Crippen molar-refractivity contribution in [1.29, 1.82) is 0 Å². The van der Waals surface area contributed by atoms with Gasteiger partial charge in [-0.1, -0.05) is 87.4 Å². The highest BCUT2D eigenvalue weighted by Gasteiger charge is 2.26. The van der Waals surface area contributed by atoms with Crippen LogP contribution in [0, 0.1) is 0 Å². The number of hydrogen-bond donors (Lipinski definition) is 2. The van der Waals surface area contributed by atoms with Crippen LogP contribution in [0.1, 0.15) is 97.4 Å². The van der Waals surface area contributed by atoms with Gasteiger partial charge in [0, 0.05) is 12.1 Å². The topological polar surface area (TPSA) is 92.0 Å². The van der Waals surface area contributed by atoms with Crippen LogP contribution in [0.3, 0.4) is 0 Å². The zero-order valence-electron chi connectivity index (χ0n) is 21.5. The fourth-order valence-corrected chi connectivity index (χ4v) is 6.28. The summed E-state index contributed by atoms with van der Waals surface area (Å²) in [5.41, 5.74) is 2.19. The number of benzene rings is 2. The normalized spacial score (nSPS) is 14.8. The molecule has 0 bridgehead atoms. The van der Waals surface area contributed by atoms with Gasteiger partial charge in [0.1, 0.15) is 0 Å². The third-order valence-corrected chi connectivity index (χ3v) is 8.59. The molecule has 2 aromatic heterocycles. The third kappa shape index (κ3) is 7.89. The van der Waals surface area contributed by atoms with E-state index in [1.807, 2.05) is 12.1 Å². The molecular formula is C30H36N2O4S. The summed E-state index contributed by atoms with van der Waals surface area (Å²) >= 11 is 1.71. The highest BCUT2D eigenvalue weighted by molar-refractivity contribution is 7.99. The maximum atomic E-state index is 11.9. The Morgan fingerprint density at radius 1 is 0.649 bits per heavy atom. The minimum absolute atomic E-state index is 0.0290. The van der Waals surface area contributed by atoms with Gasteiger partial charge in [0.05, 0.1) is 10.5 Å². The largest absolute Gasteiger partial charge is 0.382 e. The summed E-state index contributed by atoms with van der Waals surface area (Å²) < 4.78 is 11.1. The lowest BCUT2D eigenvalue weighted by atomic mass is 9.95. The number of nitrogens with one attached hydrogen (secondary N) is 2. The van der Waals surface area contributed by atoms with Gasteiger partial charge in [-0.3, -0.25) is 9.59 Å². The van der Waals surface area contributed by atoms with Gasteiger partial charge < -0.3 is 9.05 Å². The zero-order chi connectivity index (χ0) is 26.0. The average molecular weight is 521 g/mol. The molecule has 0 aliphatic carbocycles. The first kappa shape index (κ1) is 26.9. The summed E-state index contributed by atoms with van der Waals surface area (Å²) in [6, 6.07) is 24.1. The fourth-order valence-electron chi connectivity index (χ4n) is 4.78. The molecule has 2 N–H and O–H groups in total. The van der Waals surface area contributed by atoms with E-state index in [1.165, 1.54) is 11.1 Å². The highest BCUT2D eigenvalue weighted by atomic mass is 32.2. The molecule has 4 aromatic rings. The minimum atomic E-state index is -0.236. The molecule has 0 aliphatic rings. The first-order valence-electron chi connectivity index (χ1n) is 13.1. The summed E-state index contributed by atoms with van der Waals surface area (Å²) in [6.45, 7) is 4.50. The van der Waals surface area contributed by atoms with Crippen LogP contribution in [-0.2, 0) is 0 Å². The van der Waals surface area contributed by atoms with Gasteiger partial charge >= 0.3 is 0 Å². The van der Waals surface area contributed by atoms with Crippen molar-refractivity contribution < 1.29 is 9.05 Å². The molecule has 4 rings (SSSR count). The molecule has 7 heteroatoms. The number of hydrogen-bond acceptors (Lipinski definition) is 5. The molecule has 0 amide bonds. The van der Waals surface area contributed by atoms with E-state index >= 15 is 0 Å². The van der Waals surface area contributed by atoms with Crippen LogP contribution in [-0.4, -0.2) is 10.3 Å². The molecule has 0 radical (unpaired) electrons. The summed E-state index contributed by atoms with van der Waals surface area (Å²) in [5, 5.41) is 4.83. The van der Waals surface area contributed by atoms with Crippen LogP contribution < -0.4 is 11.1 Å². The van der Waals surface area contributed by atoms with Gasteiger partial charge in [-0.15, -0.1) is 11.8 Å². The van der Waals surface area contributed by atoms with E-state index in [0.717, 1.165) is 38.5 Å². The van der Waals surface area contributed by atoms with E-state index in [-0.39, 0.29) is 21.6 Å². The second kappa shape index (κ2) is 13.4. The third-order valence-electron chi connectivity index (χ3n) is 6.99. The summed E-state index contributed by atoms with van der Waals surface area (Å²) in [5.74, 6) is 2.18. The van der Waals surface area contributed by atoms with Crippen molar-refractivity contribution in [3.8, 4) is 0 Å². The highest BCUT2D eigenvalue weighted by Crippen LogP contribution is 2.46. The molecule has 0 fully saturated rings. The molecular weight excluding hydrogens is 484 g/mol. The van der Waals surface area contributed by atoms with Crippen LogP contribution >= 0.6 is 11.8 Å². The number of thioether (sulfide) groups is 1. The van der Waals surface area contributed by atoms with Gasteiger partial charge in [0.15, 0.2) is 11.5 Å². The Morgan fingerprint density at radius 3 is 1.41 bits per heavy atom. The molecule has 196 valence electrons. The van der Waals surface area contributed by atoms with Crippen LogP contribution in [0.5, 0.6) is 0 Å². The van der Waals surface area contributed by atoms with E-state index in [9.17, 15) is 9.59 Å². The van der Waals surface area contributed by atoms with E-state index < -0.39 is 0 Å². The van der Waals surface area contributed by atoms with Crippen molar-refractivity contribution in [1.82, 2.24) is 10.3 Å². The molecule has 0 saturated heterocycles. The second-order valence-electron chi connectivity index (χ2n) is 9.83. The number of rotatable bonds is 14. The molecule has 2 aromatic carbocycles. The van der Waals surface area contributed by atoms with Crippen molar-refractivity contribution in [2.75, 3.05) is 0 Å². The Bertz CT molecular complexity index is 1210. The lowest BCUT2D eigenvalue weighted by molar-refractivity contribution is 0.365. The van der Waals surface area contributed by atoms with Crippen LogP contribution in [0.15, 0.2) is 91.4 Å². The minimum Gasteiger partial charge on any atom is -0.382 e. The van der Waals surface area contributed by atoms with Gasteiger partial charge in [-0.05, 0) is 48.6 Å². The van der Waals surface area contributed by atoms with Crippen LogP contribution in [0.2, 0.25) is 0 Å². The van der Waals surface area contributed by atoms with Gasteiger partial charge in [0.2, 0.25) is 0 Å². The van der Waals surface area contributed by atoms with Gasteiger partial charge in [-0.25, -0.2) is 0 Å². The summed E-state index contributed by atoms with van der Waals surface area (Å²) in [6.07, 6.45) is 5.75. The first-order valence-corrected chi connectivity index (χ1v) is 14.1. The lowest BCUT2D eigenvalue weighted by Gasteiger charge is -2.21. The molecule has 0 aliphatic heterocycles. The Labute approximate surface area is 221 Å². The van der Waals surface area contributed by atoms with Gasteiger partial charge in [0.25, 0.3) is 11.1 Å². The monoisotopic (exact) mass is 520 g/mol. The predicted molar refractivity (Wildman–Crippen MR) is 149 cm³/mol. The molecule has 6 nitrogen and oxygen atoms in total.